The number of hydrogen-bond acceptors (Lipinski definition) is 5. The number of carbonyl (C=O) groups is 2. The Balaban J connectivity index is 0.000000370. The van der Waals surface area contributed by atoms with Crippen LogP contribution in [0.15, 0.2) is 12.4 Å². The van der Waals surface area contributed by atoms with Gasteiger partial charge in [0.1, 0.15) is 0 Å². The lowest BCUT2D eigenvalue weighted by Crippen LogP contribution is -2.50. The highest BCUT2D eigenvalue weighted by Crippen LogP contribution is 2.33. The number of amides is 1. The number of aliphatic hydroxyl groups is 1. The van der Waals surface area contributed by atoms with Gasteiger partial charge in [0.05, 0.1) is 18.3 Å². The minimum absolute atomic E-state index is 0.0207. The maximum absolute atomic E-state index is 12.7. The van der Waals surface area contributed by atoms with Crippen LogP contribution < -0.4 is 0 Å². The Morgan fingerprint density at radius 3 is 2.31 bits per heavy atom. The molecule has 29 heavy (non-hydrogen) atoms. The number of hydrogen-bond donors (Lipinski definition) is 2. The molecule has 1 aromatic heterocycles. The number of nitrogens with zero attached hydrogens (tertiary/aromatic N) is 4. The van der Waals surface area contributed by atoms with Gasteiger partial charge in [-0.2, -0.15) is 18.3 Å². The van der Waals surface area contributed by atoms with E-state index in [1.54, 1.807) is 0 Å². The van der Waals surface area contributed by atoms with Crippen LogP contribution in [-0.4, -0.2) is 86.7 Å². The third kappa shape index (κ3) is 5.92. The van der Waals surface area contributed by atoms with Crippen LogP contribution in [0.4, 0.5) is 13.2 Å². The molecule has 11 heteroatoms. The van der Waals surface area contributed by atoms with E-state index >= 15 is 0 Å². The quantitative estimate of drug-likeness (QED) is 0.751. The fraction of sp³-hybridized carbons (Fsp3) is 0.722. The number of aromatic nitrogens is 2. The van der Waals surface area contributed by atoms with E-state index in [1.807, 2.05) is 29.0 Å². The molecule has 1 amide bonds. The van der Waals surface area contributed by atoms with Gasteiger partial charge in [-0.1, -0.05) is 0 Å². The zero-order chi connectivity index (χ0) is 21.9. The summed E-state index contributed by atoms with van der Waals surface area (Å²) in [5.74, 6) is -2.51. The Morgan fingerprint density at radius 2 is 1.90 bits per heavy atom. The smallest absolute Gasteiger partial charge is 0.475 e. The number of carbonyl (C=O) groups excluding carboxylic acids is 1. The van der Waals surface area contributed by atoms with Crippen molar-refractivity contribution in [2.24, 2.45) is 13.0 Å². The Labute approximate surface area is 166 Å². The van der Waals surface area contributed by atoms with E-state index in [4.69, 9.17) is 9.90 Å². The Kier molecular flexibility index (Phi) is 7.28. The van der Waals surface area contributed by atoms with E-state index in [1.165, 1.54) is 5.56 Å². The summed E-state index contributed by atoms with van der Waals surface area (Å²) in [6.45, 7) is 0.819. The number of aliphatic hydroxyl groups excluding tert-OH is 1. The van der Waals surface area contributed by atoms with Crippen LogP contribution in [0.25, 0.3) is 0 Å². The second-order valence-electron chi connectivity index (χ2n) is 7.77. The maximum atomic E-state index is 12.7. The molecule has 0 aromatic carbocycles. The molecule has 1 aromatic rings. The van der Waals surface area contributed by atoms with Gasteiger partial charge in [0.25, 0.3) is 0 Å². The second kappa shape index (κ2) is 9.12. The van der Waals surface area contributed by atoms with Gasteiger partial charge >= 0.3 is 12.1 Å². The van der Waals surface area contributed by atoms with Crippen molar-refractivity contribution in [3.05, 3.63) is 18.0 Å². The van der Waals surface area contributed by atoms with Crippen molar-refractivity contribution in [2.75, 3.05) is 20.6 Å². The lowest BCUT2D eigenvalue weighted by atomic mass is 9.81. The summed E-state index contributed by atoms with van der Waals surface area (Å²) >= 11 is 0. The molecule has 1 aliphatic carbocycles. The van der Waals surface area contributed by atoms with Crippen molar-refractivity contribution in [3.8, 4) is 0 Å². The first kappa shape index (κ1) is 23.1. The highest BCUT2D eigenvalue weighted by Gasteiger charge is 2.43. The lowest BCUT2D eigenvalue weighted by Gasteiger charge is -2.37. The molecule has 0 unspecified atom stereocenters. The number of aliphatic carboxylic acids is 1. The number of aryl methyl sites for hydroxylation is 1. The molecule has 8 nitrogen and oxygen atoms in total. The van der Waals surface area contributed by atoms with Crippen molar-refractivity contribution >= 4 is 11.9 Å². The van der Waals surface area contributed by atoms with Gasteiger partial charge in [-0.3, -0.25) is 9.48 Å². The molecule has 3 rings (SSSR count). The van der Waals surface area contributed by atoms with Crippen LogP contribution >= 0.6 is 0 Å². The van der Waals surface area contributed by atoms with Gasteiger partial charge in [-0.25, -0.2) is 4.79 Å². The number of likely N-dealkylation sites (tertiary alicyclic amines) is 1. The van der Waals surface area contributed by atoms with E-state index in [0.717, 1.165) is 19.4 Å². The van der Waals surface area contributed by atoms with E-state index < -0.39 is 12.1 Å². The Hall–Kier alpha value is -2.14. The molecule has 0 spiro atoms. The van der Waals surface area contributed by atoms with Gasteiger partial charge in [0.15, 0.2) is 0 Å². The highest BCUT2D eigenvalue weighted by atomic mass is 19.4. The molecule has 2 atom stereocenters. The normalized spacial score (nSPS) is 26.7. The molecular weight excluding hydrogens is 393 g/mol. The van der Waals surface area contributed by atoms with Crippen LogP contribution in [0.5, 0.6) is 0 Å². The van der Waals surface area contributed by atoms with Crippen LogP contribution in [0.1, 0.15) is 24.8 Å². The summed E-state index contributed by atoms with van der Waals surface area (Å²) in [5.41, 5.74) is 1.17. The SMILES string of the molecule is CN(C)[C@@H]1CCN(C(=O)C2CC(O)C2)[C@H]1Cc1cnn(C)c1.O=C(O)C(F)(F)F. The van der Waals surface area contributed by atoms with Gasteiger partial charge in [-0.15, -0.1) is 0 Å². The minimum Gasteiger partial charge on any atom is -0.475 e. The first-order valence-corrected chi connectivity index (χ1v) is 9.32. The van der Waals surface area contributed by atoms with Gasteiger partial charge < -0.3 is 20.0 Å². The van der Waals surface area contributed by atoms with Crippen LogP contribution in [0, 0.1) is 5.92 Å². The predicted octanol–water partition coefficient (Wildman–Crippen LogP) is 0.898. The summed E-state index contributed by atoms with van der Waals surface area (Å²) < 4.78 is 33.5. The zero-order valence-corrected chi connectivity index (χ0v) is 16.6. The molecule has 2 aliphatic rings. The van der Waals surface area contributed by atoms with Gasteiger partial charge in [0.2, 0.25) is 5.91 Å². The monoisotopic (exact) mass is 420 g/mol. The first-order valence-electron chi connectivity index (χ1n) is 9.32. The molecule has 0 bridgehead atoms. The van der Waals surface area contributed by atoms with E-state index in [-0.39, 0.29) is 24.0 Å². The fourth-order valence-electron chi connectivity index (χ4n) is 3.80. The fourth-order valence-corrected chi connectivity index (χ4v) is 3.80. The number of alkyl halides is 3. The zero-order valence-electron chi connectivity index (χ0n) is 16.6. The molecular formula is C18H27F3N4O4. The summed E-state index contributed by atoms with van der Waals surface area (Å²) in [7, 11) is 6.09. The number of carboxylic acids is 1. The first-order chi connectivity index (χ1) is 13.4. The third-order valence-electron chi connectivity index (χ3n) is 5.36. The van der Waals surface area contributed by atoms with E-state index in [2.05, 4.69) is 24.1 Å². The molecule has 1 saturated carbocycles. The molecule has 1 aliphatic heterocycles. The minimum atomic E-state index is -5.08. The highest BCUT2D eigenvalue weighted by molar-refractivity contribution is 5.80. The topological polar surface area (TPSA) is 98.9 Å². The van der Waals surface area contributed by atoms with Crippen molar-refractivity contribution in [1.82, 2.24) is 19.6 Å². The van der Waals surface area contributed by atoms with E-state index in [0.29, 0.717) is 18.9 Å². The van der Waals surface area contributed by atoms with Gasteiger partial charge in [0, 0.05) is 31.7 Å². The third-order valence-corrected chi connectivity index (χ3v) is 5.36. The summed E-state index contributed by atoms with van der Waals surface area (Å²) in [5, 5.41) is 20.8. The molecule has 1 saturated heterocycles. The molecule has 0 radical (unpaired) electrons. The van der Waals surface area contributed by atoms with Crippen LogP contribution in [-0.2, 0) is 23.1 Å². The van der Waals surface area contributed by atoms with Crippen molar-refractivity contribution in [3.63, 3.8) is 0 Å². The number of halogens is 3. The molecule has 164 valence electrons. The molecule has 2 heterocycles. The second-order valence-corrected chi connectivity index (χ2v) is 7.77. The molecule has 2 N–H and O–H groups in total. The van der Waals surface area contributed by atoms with Crippen molar-refractivity contribution in [2.45, 2.75) is 50.0 Å². The van der Waals surface area contributed by atoms with Crippen LogP contribution in [0.2, 0.25) is 0 Å². The van der Waals surface area contributed by atoms with E-state index in [9.17, 15) is 23.1 Å². The maximum Gasteiger partial charge on any atom is 0.490 e. The number of carboxylic acid groups (broad SMARTS) is 1. The summed E-state index contributed by atoms with van der Waals surface area (Å²) in [6.07, 6.45) is 1.67. The Morgan fingerprint density at radius 1 is 1.31 bits per heavy atom. The number of rotatable bonds is 4. The summed E-state index contributed by atoms with van der Waals surface area (Å²) in [4.78, 5) is 25.9. The lowest BCUT2D eigenvalue weighted by molar-refractivity contribution is -0.192. The average Bonchev–Trinajstić information content (AvgIpc) is 3.17. The predicted molar refractivity (Wildman–Crippen MR) is 96.9 cm³/mol. The van der Waals surface area contributed by atoms with Crippen molar-refractivity contribution in [1.29, 1.82) is 0 Å². The average molecular weight is 420 g/mol. The largest absolute Gasteiger partial charge is 0.490 e. The summed E-state index contributed by atoms with van der Waals surface area (Å²) in [6, 6.07) is 0.582. The standard InChI is InChI=1S/C16H26N4O2.C2HF3O2/c1-18(2)14-4-5-20(16(22)12-7-13(21)8-12)15(14)6-11-9-17-19(3)10-11;3-2(4,5)1(6)7/h9-10,12-15,21H,4-8H2,1-3H3;(H,6,7)/t12?,13?,14-,15+;/m1./s1. The van der Waals surface area contributed by atoms with Crippen molar-refractivity contribution < 1.29 is 33.0 Å². The number of likely N-dealkylation sites (N-methyl/N-ethyl adjacent to an activating group) is 1. The van der Waals surface area contributed by atoms with Crippen LogP contribution in [0.3, 0.4) is 0 Å². The molecule has 2 fully saturated rings. The van der Waals surface area contributed by atoms with Gasteiger partial charge in [-0.05, 0) is 45.3 Å². The Bertz CT molecular complexity index is 716.